The Labute approximate surface area is 85.3 Å². The SMILES string of the molecule is Cc1c(F)cc(N2CCOC2=O)cc1F. The van der Waals surface area contributed by atoms with Crippen LogP contribution in [0, 0.1) is 18.6 Å². The summed E-state index contributed by atoms with van der Waals surface area (Å²) in [6, 6.07) is 2.26. The first-order chi connectivity index (χ1) is 7.09. The summed E-state index contributed by atoms with van der Waals surface area (Å²) >= 11 is 0. The van der Waals surface area contributed by atoms with Gasteiger partial charge in [0.2, 0.25) is 0 Å². The number of amides is 1. The van der Waals surface area contributed by atoms with Crippen LogP contribution in [0.3, 0.4) is 0 Å². The maximum Gasteiger partial charge on any atom is 0.414 e. The van der Waals surface area contributed by atoms with E-state index >= 15 is 0 Å². The maximum atomic E-state index is 13.2. The lowest BCUT2D eigenvalue weighted by Crippen LogP contribution is -2.23. The third kappa shape index (κ3) is 1.65. The lowest BCUT2D eigenvalue weighted by atomic mass is 10.2. The van der Waals surface area contributed by atoms with Gasteiger partial charge in [0.05, 0.1) is 12.2 Å². The fraction of sp³-hybridized carbons (Fsp3) is 0.300. The number of benzene rings is 1. The van der Waals surface area contributed by atoms with Crippen molar-refractivity contribution in [3.05, 3.63) is 29.3 Å². The van der Waals surface area contributed by atoms with Crippen molar-refractivity contribution in [2.75, 3.05) is 18.1 Å². The van der Waals surface area contributed by atoms with Crippen LogP contribution in [0.25, 0.3) is 0 Å². The van der Waals surface area contributed by atoms with Gasteiger partial charge in [0.25, 0.3) is 0 Å². The van der Waals surface area contributed by atoms with Crippen LogP contribution in [0.5, 0.6) is 0 Å². The van der Waals surface area contributed by atoms with E-state index in [9.17, 15) is 13.6 Å². The Bertz CT molecular complexity index is 397. The van der Waals surface area contributed by atoms with Gasteiger partial charge in [0.15, 0.2) is 0 Å². The van der Waals surface area contributed by atoms with Crippen molar-refractivity contribution in [3.8, 4) is 0 Å². The Morgan fingerprint density at radius 2 is 1.93 bits per heavy atom. The largest absolute Gasteiger partial charge is 0.447 e. The van der Waals surface area contributed by atoms with Gasteiger partial charge in [-0.15, -0.1) is 0 Å². The molecule has 0 unspecified atom stereocenters. The normalized spacial score (nSPS) is 15.7. The van der Waals surface area contributed by atoms with Gasteiger partial charge in [-0.1, -0.05) is 0 Å². The fourth-order valence-corrected chi connectivity index (χ4v) is 1.42. The molecule has 1 saturated heterocycles. The molecule has 0 saturated carbocycles. The predicted molar refractivity (Wildman–Crippen MR) is 49.8 cm³/mol. The molecule has 1 aliphatic heterocycles. The number of hydrogen-bond acceptors (Lipinski definition) is 2. The molecule has 0 spiro atoms. The molecule has 0 bridgehead atoms. The lowest BCUT2D eigenvalue weighted by molar-refractivity contribution is 0.181. The van der Waals surface area contributed by atoms with E-state index in [1.165, 1.54) is 11.8 Å². The van der Waals surface area contributed by atoms with Gasteiger partial charge in [-0.25, -0.2) is 13.6 Å². The smallest absolute Gasteiger partial charge is 0.414 e. The molecular formula is C10H9F2NO2. The van der Waals surface area contributed by atoms with E-state index in [2.05, 4.69) is 4.74 Å². The van der Waals surface area contributed by atoms with Crippen LogP contribution in [0.15, 0.2) is 12.1 Å². The molecule has 1 amide bonds. The van der Waals surface area contributed by atoms with E-state index in [-0.39, 0.29) is 17.9 Å². The summed E-state index contributed by atoms with van der Waals surface area (Å²) in [6.45, 7) is 1.91. The molecule has 80 valence electrons. The van der Waals surface area contributed by atoms with Gasteiger partial charge in [0, 0.05) is 5.56 Å². The third-order valence-electron chi connectivity index (χ3n) is 2.34. The minimum Gasteiger partial charge on any atom is -0.447 e. The van der Waals surface area contributed by atoms with E-state index < -0.39 is 17.7 Å². The number of rotatable bonds is 1. The van der Waals surface area contributed by atoms with Crippen LogP contribution in [0.1, 0.15) is 5.56 Å². The van der Waals surface area contributed by atoms with Crippen molar-refractivity contribution < 1.29 is 18.3 Å². The van der Waals surface area contributed by atoms with Crippen LogP contribution in [-0.2, 0) is 4.74 Å². The summed E-state index contributed by atoms with van der Waals surface area (Å²) in [5.41, 5.74) is 0.143. The van der Waals surface area contributed by atoms with Crippen LogP contribution < -0.4 is 4.90 Å². The van der Waals surface area contributed by atoms with Crippen molar-refractivity contribution in [2.45, 2.75) is 6.92 Å². The third-order valence-corrected chi connectivity index (χ3v) is 2.34. The monoisotopic (exact) mass is 213 g/mol. The van der Waals surface area contributed by atoms with E-state index in [1.54, 1.807) is 0 Å². The second-order valence-corrected chi connectivity index (χ2v) is 3.30. The van der Waals surface area contributed by atoms with Gasteiger partial charge in [-0.2, -0.15) is 0 Å². The first-order valence-electron chi connectivity index (χ1n) is 4.49. The lowest BCUT2D eigenvalue weighted by Gasteiger charge is -2.13. The summed E-state index contributed by atoms with van der Waals surface area (Å²) in [5, 5.41) is 0. The van der Waals surface area contributed by atoms with Crippen LogP contribution in [0.2, 0.25) is 0 Å². The highest BCUT2D eigenvalue weighted by molar-refractivity contribution is 5.89. The van der Waals surface area contributed by atoms with Crippen LogP contribution in [0.4, 0.5) is 19.3 Å². The molecule has 15 heavy (non-hydrogen) atoms. The summed E-state index contributed by atoms with van der Waals surface area (Å²) in [7, 11) is 0. The molecule has 2 rings (SSSR count). The Kier molecular flexibility index (Phi) is 2.30. The first-order valence-corrected chi connectivity index (χ1v) is 4.49. The average Bonchev–Trinajstić information content (AvgIpc) is 2.60. The number of halogens is 2. The standard InChI is InChI=1S/C10H9F2NO2/c1-6-8(11)4-7(5-9(6)12)13-2-3-15-10(13)14/h4-5H,2-3H2,1H3. The minimum atomic E-state index is -0.662. The first kappa shape index (κ1) is 9.89. The quantitative estimate of drug-likeness (QED) is 0.715. The van der Waals surface area contributed by atoms with E-state index in [0.717, 1.165) is 12.1 Å². The molecule has 0 aliphatic carbocycles. The van der Waals surface area contributed by atoms with E-state index in [0.29, 0.717) is 6.54 Å². The molecule has 1 heterocycles. The zero-order valence-corrected chi connectivity index (χ0v) is 8.09. The van der Waals surface area contributed by atoms with E-state index in [4.69, 9.17) is 0 Å². The Hall–Kier alpha value is -1.65. The van der Waals surface area contributed by atoms with Gasteiger partial charge in [-0.05, 0) is 19.1 Å². The van der Waals surface area contributed by atoms with Gasteiger partial charge in [-0.3, -0.25) is 4.90 Å². The minimum absolute atomic E-state index is 0.0497. The molecule has 3 nitrogen and oxygen atoms in total. The predicted octanol–water partition coefficient (Wildman–Crippen LogP) is 2.23. The molecule has 1 aliphatic rings. The van der Waals surface area contributed by atoms with Crippen molar-refractivity contribution in [2.24, 2.45) is 0 Å². The van der Waals surface area contributed by atoms with Crippen molar-refractivity contribution >= 4 is 11.8 Å². The average molecular weight is 213 g/mol. The number of anilines is 1. The second kappa shape index (κ2) is 3.49. The number of ether oxygens (including phenoxy) is 1. The van der Waals surface area contributed by atoms with Crippen molar-refractivity contribution in [1.29, 1.82) is 0 Å². The number of carbonyl (C=O) groups is 1. The van der Waals surface area contributed by atoms with E-state index in [1.807, 2.05) is 0 Å². The van der Waals surface area contributed by atoms with Gasteiger partial charge < -0.3 is 4.74 Å². The molecule has 1 aromatic carbocycles. The highest BCUT2D eigenvalue weighted by Crippen LogP contribution is 2.23. The molecule has 0 aromatic heterocycles. The highest BCUT2D eigenvalue weighted by Gasteiger charge is 2.24. The van der Waals surface area contributed by atoms with Crippen LogP contribution in [-0.4, -0.2) is 19.2 Å². The summed E-state index contributed by atoms with van der Waals surface area (Å²) in [5.74, 6) is -1.32. The number of hydrogen-bond donors (Lipinski definition) is 0. The highest BCUT2D eigenvalue weighted by atomic mass is 19.1. The molecule has 5 heteroatoms. The van der Waals surface area contributed by atoms with Crippen molar-refractivity contribution in [3.63, 3.8) is 0 Å². The molecule has 0 N–H and O–H groups in total. The summed E-state index contributed by atoms with van der Waals surface area (Å²) in [4.78, 5) is 12.3. The number of carbonyl (C=O) groups excluding carboxylic acids is 1. The van der Waals surface area contributed by atoms with Gasteiger partial charge >= 0.3 is 6.09 Å². The van der Waals surface area contributed by atoms with Crippen molar-refractivity contribution in [1.82, 2.24) is 0 Å². The Morgan fingerprint density at radius 3 is 2.40 bits per heavy atom. The zero-order valence-electron chi connectivity index (χ0n) is 8.09. The van der Waals surface area contributed by atoms with Gasteiger partial charge in [0.1, 0.15) is 18.2 Å². The molecule has 1 aromatic rings. The second-order valence-electron chi connectivity index (χ2n) is 3.30. The molecule has 0 radical (unpaired) electrons. The maximum absolute atomic E-state index is 13.2. The summed E-state index contributed by atoms with van der Waals surface area (Å²) in [6.07, 6.45) is -0.572. The number of cyclic esters (lactones) is 1. The zero-order chi connectivity index (χ0) is 11.0. The topological polar surface area (TPSA) is 29.5 Å². The molecule has 1 fully saturated rings. The fourth-order valence-electron chi connectivity index (χ4n) is 1.42. The number of nitrogens with zero attached hydrogens (tertiary/aromatic N) is 1. The summed E-state index contributed by atoms with van der Waals surface area (Å²) < 4.78 is 31.1. The Morgan fingerprint density at radius 1 is 1.33 bits per heavy atom. The molecule has 0 atom stereocenters. The van der Waals surface area contributed by atoms with Crippen LogP contribution >= 0.6 is 0 Å². The Balaban J connectivity index is 2.41. The molecular weight excluding hydrogens is 204 g/mol.